The molecule has 1 aromatic rings. The molecular weight excluding hydrogens is 304 g/mol. The summed E-state index contributed by atoms with van der Waals surface area (Å²) in [5.74, 6) is -0.320. The van der Waals surface area contributed by atoms with Crippen LogP contribution in [0.2, 0.25) is 0 Å². The van der Waals surface area contributed by atoms with Gasteiger partial charge in [-0.1, -0.05) is 18.2 Å². The molecule has 0 unspecified atom stereocenters. The van der Waals surface area contributed by atoms with Gasteiger partial charge in [-0.15, -0.1) is 0 Å². The summed E-state index contributed by atoms with van der Waals surface area (Å²) < 4.78 is 4.93. The van der Waals surface area contributed by atoms with Crippen LogP contribution in [0.1, 0.15) is 6.42 Å². The second kappa shape index (κ2) is 9.58. The van der Waals surface area contributed by atoms with E-state index in [9.17, 15) is 10.1 Å². The molecule has 1 aliphatic heterocycles. The number of para-hydroxylation sites is 1. The quantitative estimate of drug-likeness (QED) is 0.465. The number of rotatable bonds is 7. The largest absolute Gasteiger partial charge is 0.385 e. The van der Waals surface area contributed by atoms with E-state index in [1.54, 1.807) is 13.3 Å². The molecule has 0 atom stereocenters. The molecule has 1 saturated heterocycles. The third-order valence-electron chi connectivity index (χ3n) is 3.92. The van der Waals surface area contributed by atoms with E-state index in [2.05, 4.69) is 22.3 Å². The molecule has 6 nitrogen and oxygen atoms in total. The lowest BCUT2D eigenvalue weighted by Crippen LogP contribution is -2.44. The van der Waals surface area contributed by atoms with Crippen molar-refractivity contribution < 1.29 is 9.53 Å². The summed E-state index contributed by atoms with van der Waals surface area (Å²) in [7, 11) is 1.62. The van der Waals surface area contributed by atoms with E-state index in [4.69, 9.17) is 4.74 Å². The van der Waals surface area contributed by atoms with Gasteiger partial charge >= 0.3 is 0 Å². The van der Waals surface area contributed by atoms with Crippen LogP contribution in [0.4, 0.5) is 5.69 Å². The average Bonchev–Trinajstić information content (AvgIpc) is 2.64. The first-order valence-electron chi connectivity index (χ1n) is 8.17. The van der Waals surface area contributed by atoms with E-state index in [-0.39, 0.29) is 11.5 Å². The monoisotopic (exact) mass is 328 g/mol. The van der Waals surface area contributed by atoms with Crippen LogP contribution in [-0.4, -0.2) is 57.2 Å². The molecule has 0 aromatic heterocycles. The SMILES string of the molecule is COCCCNC(=O)/C(C#N)=C\N1CCN(c2ccccc2)CC1. The number of nitriles is 1. The molecule has 1 N–H and O–H groups in total. The van der Waals surface area contributed by atoms with Gasteiger partial charge in [0.05, 0.1) is 0 Å². The summed E-state index contributed by atoms with van der Waals surface area (Å²) in [5, 5.41) is 12.0. The maximum Gasteiger partial charge on any atom is 0.263 e. The number of carbonyl (C=O) groups excluding carboxylic acids is 1. The summed E-state index contributed by atoms with van der Waals surface area (Å²) in [5.41, 5.74) is 1.36. The second-order valence-corrected chi connectivity index (χ2v) is 5.62. The fraction of sp³-hybridized carbons (Fsp3) is 0.444. The van der Waals surface area contributed by atoms with Gasteiger partial charge in [0.2, 0.25) is 0 Å². The number of nitrogens with one attached hydrogen (secondary N) is 1. The Hall–Kier alpha value is -2.52. The van der Waals surface area contributed by atoms with Crippen molar-refractivity contribution in [3.05, 3.63) is 42.1 Å². The van der Waals surface area contributed by atoms with Gasteiger partial charge in [-0.3, -0.25) is 4.79 Å². The number of carbonyl (C=O) groups is 1. The zero-order valence-corrected chi connectivity index (χ0v) is 14.1. The Morgan fingerprint density at radius 2 is 2.00 bits per heavy atom. The van der Waals surface area contributed by atoms with Crippen LogP contribution >= 0.6 is 0 Å². The van der Waals surface area contributed by atoms with E-state index >= 15 is 0 Å². The molecule has 0 spiro atoms. The molecule has 1 amide bonds. The number of hydrogen-bond donors (Lipinski definition) is 1. The van der Waals surface area contributed by atoms with Gasteiger partial charge in [0, 0.05) is 58.3 Å². The van der Waals surface area contributed by atoms with E-state index in [1.807, 2.05) is 29.2 Å². The maximum atomic E-state index is 12.0. The molecule has 0 bridgehead atoms. The van der Waals surface area contributed by atoms with Gasteiger partial charge in [0.15, 0.2) is 0 Å². The van der Waals surface area contributed by atoms with Crippen LogP contribution < -0.4 is 10.2 Å². The first-order chi connectivity index (χ1) is 11.7. The highest BCUT2D eigenvalue weighted by Gasteiger charge is 2.17. The van der Waals surface area contributed by atoms with E-state index < -0.39 is 0 Å². The van der Waals surface area contributed by atoms with Crippen molar-refractivity contribution in [1.82, 2.24) is 10.2 Å². The summed E-state index contributed by atoms with van der Waals surface area (Å²) in [6.07, 6.45) is 2.41. The minimum Gasteiger partial charge on any atom is -0.385 e. The molecule has 0 saturated carbocycles. The fourth-order valence-corrected chi connectivity index (χ4v) is 2.58. The Morgan fingerprint density at radius 1 is 1.29 bits per heavy atom. The van der Waals surface area contributed by atoms with Crippen LogP contribution in [0.15, 0.2) is 42.1 Å². The summed E-state index contributed by atoms with van der Waals surface area (Å²) in [6, 6.07) is 12.3. The number of hydrogen-bond acceptors (Lipinski definition) is 5. The molecule has 1 fully saturated rings. The zero-order valence-electron chi connectivity index (χ0n) is 14.1. The number of amides is 1. The van der Waals surface area contributed by atoms with Crippen LogP contribution in [-0.2, 0) is 9.53 Å². The number of methoxy groups -OCH3 is 1. The Labute approximate surface area is 143 Å². The van der Waals surface area contributed by atoms with Crippen LogP contribution in [0.3, 0.4) is 0 Å². The second-order valence-electron chi connectivity index (χ2n) is 5.62. The number of nitrogens with zero attached hydrogens (tertiary/aromatic N) is 3. The van der Waals surface area contributed by atoms with Crippen molar-refractivity contribution >= 4 is 11.6 Å². The van der Waals surface area contributed by atoms with Crippen molar-refractivity contribution in [3.8, 4) is 6.07 Å². The Morgan fingerprint density at radius 3 is 2.62 bits per heavy atom. The summed E-state index contributed by atoms with van der Waals surface area (Å²) >= 11 is 0. The minimum atomic E-state index is -0.320. The lowest BCUT2D eigenvalue weighted by molar-refractivity contribution is -0.117. The Kier molecular flexibility index (Phi) is 7.12. The van der Waals surface area contributed by atoms with E-state index in [1.165, 1.54) is 5.69 Å². The van der Waals surface area contributed by atoms with E-state index in [0.717, 1.165) is 32.6 Å². The lowest BCUT2D eigenvalue weighted by Gasteiger charge is -2.35. The number of ether oxygens (including phenoxy) is 1. The Bertz CT molecular complexity index is 587. The van der Waals surface area contributed by atoms with Gasteiger partial charge < -0.3 is 19.9 Å². The molecular formula is C18H24N4O2. The third kappa shape index (κ3) is 5.28. The number of benzene rings is 1. The van der Waals surface area contributed by atoms with Crippen LogP contribution in [0.5, 0.6) is 0 Å². The first-order valence-corrected chi connectivity index (χ1v) is 8.17. The molecule has 1 aromatic carbocycles. The highest BCUT2D eigenvalue weighted by molar-refractivity contribution is 5.97. The van der Waals surface area contributed by atoms with Gasteiger partial charge in [-0.2, -0.15) is 5.26 Å². The highest BCUT2D eigenvalue weighted by Crippen LogP contribution is 2.16. The van der Waals surface area contributed by atoms with E-state index in [0.29, 0.717) is 13.2 Å². The van der Waals surface area contributed by atoms with Crippen molar-refractivity contribution in [2.45, 2.75) is 6.42 Å². The molecule has 1 aliphatic rings. The topological polar surface area (TPSA) is 68.6 Å². The zero-order chi connectivity index (χ0) is 17.2. The Balaban J connectivity index is 1.84. The lowest BCUT2D eigenvalue weighted by atomic mass is 10.2. The van der Waals surface area contributed by atoms with Crippen LogP contribution in [0.25, 0.3) is 0 Å². The summed E-state index contributed by atoms with van der Waals surface area (Å²) in [4.78, 5) is 16.4. The summed E-state index contributed by atoms with van der Waals surface area (Å²) in [6.45, 7) is 4.41. The molecule has 1 heterocycles. The normalized spacial score (nSPS) is 15.1. The van der Waals surface area contributed by atoms with Crippen molar-refractivity contribution in [3.63, 3.8) is 0 Å². The van der Waals surface area contributed by atoms with Crippen molar-refractivity contribution in [2.75, 3.05) is 51.3 Å². The molecule has 24 heavy (non-hydrogen) atoms. The molecule has 0 aliphatic carbocycles. The number of anilines is 1. The highest BCUT2D eigenvalue weighted by atomic mass is 16.5. The predicted octanol–water partition coefficient (Wildman–Crippen LogP) is 1.37. The van der Waals surface area contributed by atoms with Crippen molar-refractivity contribution in [1.29, 1.82) is 5.26 Å². The third-order valence-corrected chi connectivity index (χ3v) is 3.92. The van der Waals surface area contributed by atoms with Gasteiger partial charge in [-0.25, -0.2) is 0 Å². The minimum absolute atomic E-state index is 0.153. The molecule has 6 heteroatoms. The molecule has 2 rings (SSSR count). The van der Waals surface area contributed by atoms with Crippen molar-refractivity contribution in [2.24, 2.45) is 0 Å². The molecule has 0 radical (unpaired) electrons. The van der Waals surface area contributed by atoms with Gasteiger partial charge in [0.25, 0.3) is 5.91 Å². The predicted molar refractivity (Wildman–Crippen MR) is 93.4 cm³/mol. The first kappa shape index (κ1) is 17.8. The molecule has 128 valence electrons. The smallest absolute Gasteiger partial charge is 0.263 e. The van der Waals surface area contributed by atoms with Crippen LogP contribution in [0, 0.1) is 11.3 Å². The average molecular weight is 328 g/mol. The van der Waals surface area contributed by atoms with Gasteiger partial charge in [0.1, 0.15) is 11.6 Å². The standard InChI is InChI=1S/C18H24N4O2/c1-24-13-5-8-20-18(23)16(14-19)15-21-9-11-22(12-10-21)17-6-3-2-4-7-17/h2-4,6-7,15H,5,8-13H2,1H3,(H,20,23)/b16-15-. The number of piperazine rings is 1. The fourth-order valence-electron chi connectivity index (χ4n) is 2.58. The maximum absolute atomic E-state index is 12.0. The van der Waals surface area contributed by atoms with Gasteiger partial charge in [-0.05, 0) is 18.6 Å².